The van der Waals surface area contributed by atoms with Crippen LogP contribution in [-0.2, 0) is 22.6 Å². The highest BCUT2D eigenvalue weighted by Gasteiger charge is 2.30. The van der Waals surface area contributed by atoms with Crippen LogP contribution in [0.25, 0.3) is 0 Å². The molecule has 0 saturated heterocycles. The van der Waals surface area contributed by atoms with Gasteiger partial charge in [0.2, 0.25) is 5.91 Å². The van der Waals surface area contributed by atoms with Crippen molar-refractivity contribution in [3.05, 3.63) is 98.4 Å². The van der Waals surface area contributed by atoms with Gasteiger partial charge in [-0.15, -0.1) is 0 Å². The molecular formula is C28H29BrCl2N2O3. The Morgan fingerprint density at radius 2 is 1.69 bits per heavy atom. The van der Waals surface area contributed by atoms with Crippen LogP contribution in [0.15, 0.2) is 77.3 Å². The van der Waals surface area contributed by atoms with Crippen LogP contribution in [0.1, 0.15) is 30.9 Å². The summed E-state index contributed by atoms with van der Waals surface area (Å²) in [4.78, 5) is 28.6. The number of nitrogens with one attached hydrogen (secondary N) is 1. The first kappa shape index (κ1) is 28.0. The van der Waals surface area contributed by atoms with Crippen LogP contribution >= 0.6 is 39.1 Å². The van der Waals surface area contributed by atoms with Gasteiger partial charge in [0.05, 0.1) is 4.47 Å². The number of carbonyl (C=O) groups is 2. The predicted octanol–water partition coefficient (Wildman–Crippen LogP) is 6.69. The second-order valence-electron chi connectivity index (χ2n) is 8.37. The van der Waals surface area contributed by atoms with Gasteiger partial charge in [-0.25, -0.2) is 0 Å². The first-order valence-corrected chi connectivity index (χ1v) is 13.4. The lowest BCUT2D eigenvalue weighted by molar-refractivity contribution is -0.142. The minimum absolute atomic E-state index is 0.199. The molecule has 5 nitrogen and oxygen atoms in total. The van der Waals surface area contributed by atoms with E-state index in [1.54, 1.807) is 35.2 Å². The molecule has 3 rings (SSSR count). The fourth-order valence-corrected chi connectivity index (χ4v) is 4.72. The Morgan fingerprint density at radius 1 is 0.972 bits per heavy atom. The fraction of sp³-hybridized carbons (Fsp3) is 0.286. The zero-order valence-electron chi connectivity index (χ0n) is 20.1. The third-order valence-electron chi connectivity index (χ3n) is 5.59. The summed E-state index contributed by atoms with van der Waals surface area (Å²) in [5.74, 6) is -0.0267. The summed E-state index contributed by atoms with van der Waals surface area (Å²) in [6, 6.07) is 21.3. The molecule has 190 valence electrons. The van der Waals surface area contributed by atoms with Crippen LogP contribution in [0.5, 0.6) is 5.75 Å². The molecule has 0 aliphatic rings. The number of halogens is 3. The number of amides is 2. The monoisotopic (exact) mass is 590 g/mol. The lowest BCUT2D eigenvalue weighted by atomic mass is 10.0. The summed E-state index contributed by atoms with van der Waals surface area (Å²) >= 11 is 15.6. The minimum Gasteiger partial charge on any atom is -0.483 e. The van der Waals surface area contributed by atoms with E-state index in [4.69, 9.17) is 27.9 Å². The molecule has 8 heteroatoms. The predicted molar refractivity (Wildman–Crippen MR) is 149 cm³/mol. The van der Waals surface area contributed by atoms with Crippen molar-refractivity contribution in [3.8, 4) is 5.75 Å². The number of nitrogens with zero attached hydrogens (tertiary/aromatic N) is 1. The molecule has 0 spiro atoms. The molecule has 1 N–H and O–H groups in total. The average molecular weight is 592 g/mol. The van der Waals surface area contributed by atoms with Gasteiger partial charge in [-0.1, -0.05) is 79.0 Å². The van der Waals surface area contributed by atoms with Gasteiger partial charge < -0.3 is 15.0 Å². The summed E-state index contributed by atoms with van der Waals surface area (Å²) in [6.07, 6.45) is 2.19. The molecule has 36 heavy (non-hydrogen) atoms. The Morgan fingerprint density at radius 3 is 2.39 bits per heavy atom. The summed E-state index contributed by atoms with van der Waals surface area (Å²) in [7, 11) is 0. The number of benzene rings is 3. The zero-order chi connectivity index (χ0) is 25.9. The van der Waals surface area contributed by atoms with Crippen LogP contribution in [-0.4, -0.2) is 35.9 Å². The largest absolute Gasteiger partial charge is 0.483 e. The Bertz CT molecular complexity index is 1160. The quantitative estimate of drug-likeness (QED) is 0.239. The summed E-state index contributed by atoms with van der Waals surface area (Å²) in [5, 5.41) is 4.12. The minimum atomic E-state index is -0.729. The first-order valence-electron chi connectivity index (χ1n) is 11.8. The summed E-state index contributed by atoms with van der Waals surface area (Å²) in [6.45, 7) is 2.58. The smallest absolute Gasteiger partial charge is 0.261 e. The third kappa shape index (κ3) is 8.54. The highest BCUT2D eigenvalue weighted by Crippen LogP contribution is 2.28. The van der Waals surface area contributed by atoms with Crippen molar-refractivity contribution in [2.75, 3.05) is 13.2 Å². The van der Waals surface area contributed by atoms with Crippen molar-refractivity contribution in [2.45, 2.75) is 38.8 Å². The normalized spacial score (nSPS) is 11.6. The molecule has 0 bridgehead atoms. The van der Waals surface area contributed by atoms with E-state index in [2.05, 4.69) is 28.2 Å². The van der Waals surface area contributed by atoms with Gasteiger partial charge in [0.25, 0.3) is 5.91 Å². The second-order valence-corrected chi connectivity index (χ2v) is 10.1. The van der Waals surface area contributed by atoms with E-state index in [0.717, 1.165) is 24.0 Å². The lowest BCUT2D eigenvalue weighted by Gasteiger charge is -2.31. The molecule has 3 aromatic carbocycles. The van der Waals surface area contributed by atoms with E-state index in [0.29, 0.717) is 33.2 Å². The molecule has 1 atom stereocenters. The highest BCUT2D eigenvalue weighted by atomic mass is 79.9. The molecule has 0 aliphatic heterocycles. The van der Waals surface area contributed by atoms with Gasteiger partial charge in [-0.3, -0.25) is 9.59 Å². The van der Waals surface area contributed by atoms with Crippen LogP contribution in [0.3, 0.4) is 0 Å². The number of carbonyl (C=O) groups excluding carboxylic acids is 2. The fourth-order valence-electron chi connectivity index (χ4n) is 3.71. The van der Waals surface area contributed by atoms with E-state index in [-0.39, 0.29) is 25.0 Å². The molecule has 0 aliphatic carbocycles. The van der Waals surface area contributed by atoms with Crippen molar-refractivity contribution >= 4 is 50.9 Å². The second kappa shape index (κ2) is 14.3. The zero-order valence-corrected chi connectivity index (χ0v) is 23.2. The van der Waals surface area contributed by atoms with Crippen molar-refractivity contribution in [1.82, 2.24) is 10.2 Å². The van der Waals surface area contributed by atoms with E-state index >= 15 is 0 Å². The number of hydrogen-bond acceptors (Lipinski definition) is 3. The Kier molecular flexibility index (Phi) is 11.1. The molecule has 0 aromatic heterocycles. The number of ether oxygens (including phenoxy) is 1. The molecule has 1 unspecified atom stereocenters. The van der Waals surface area contributed by atoms with Crippen LogP contribution < -0.4 is 10.1 Å². The van der Waals surface area contributed by atoms with Gasteiger partial charge in [0.15, 0.2) is 6.61 Å². The maximum Gasteiger partial charge on any atom is 0.261 e. The average Bonchev–Trinajstić information content (AvgIpc) is 2.86. The van der Waals surface area contributed by atoms with Gasteiger partial charge in [-0.2, -0.15) is 0 Å². The summed E-state index contributed by atoms with van der Waals surface area (Å²) in [5.41, 5.74) is 1.78. The van der Waals surface area contributed by atoms with Crippen molar-refractivity contribution in [3.63, 3.8) is 0 Å². The van der Waals surface area contributed by atoms with Crippen LogP contribution in [0, 0.1) is 0 Å². The third-order valence-corrected chi connectivity index (χ3v) is 6.68. The number of unbranched alkanes of at least 4 members (excludes halogenated alkanes) is 1. The maximum atomic E-state index is 13.6. The number of hydrogen-bond donors (Lipinski definition) is 1. The van der Waals surface area contributed by atoms with E-state index in [1.807, 2.05) is 42.5 Å². The molecule has 0 heterocycles. The van der Waals surface area contributed by atoms with E-state index in [9.17, 15) is 9.59 Å². The van der Waals surface area contributed by atoms with Gasteiger partial charge >= 0.3 is 0 Å². The topological polar surface area (TPSA) is 58.6 Å². The molecule has 3 aromatic rings. The van der Waals surface area contributed by atoms with Crippen LogP contribution in [0.4, 0.5) is 0 Å². The maximum absolute atomic E-state index is 13.6. The molecule has 0 fully saturated rings. The number of rotatable bonds is 12. The Labute approximate surface area is 230 Å². The lowest BCUT2D eigenvalue weighted by Crippen LogP contribution is -2.51. The van der Waals surface area contributed by atoms with Gasteiger partial charge in [-0.05, 0) is 63.8 Å². The van der Waals surface area contributed by atoms with Crippen molar-refractivity contribution < 1.29 is 14.3 Å². The first-order chi connectivity index (χ1) is 17.4. The Balaban J connectivity index is 1.89. The standard InChI is InChI=1S/C28H29BrCl2N2O3/c1-2-3-14-32-28(35)25(16-20-8-5-4-6-9-20)33(18-21-10-7-11-22(30)15-21)27(34)19-36-26-13-12-23(31)17-24(26)29/h4-13,15,17,25H,2-3,14,16,18-19H2,1H3,(H,32,35). The molecule has 0 saturated carbocycles. The van der Waals surface area contributed by atoms with Gasteiger partial charge in [0.1, 0.15) is 11.8 Å². The molecule has 2 amide bonds. The SMILES string of the molecule is CCCCNC(=O)C(Cc1ccccc1)N(Cc1cccc(Cl)c1)C(=O)COc1ccc(Cl)cc1Br. The van der Waals surface area contributed by atoms with Crippen LogP contribution in [0.2, 0.25) is 10.0 Å². The summed E-state index contributed by atoms with van der Waals surface area (Å²) < 4.78 is 6.46. The van der Waals surface area contributed by atoms with Gasteiger partial charge in [0, 0.05) is 29.6 Å². The van der Waals surface area contributed by atoms with E-state index in [1.165, 1.54) is 0 Å². The van der Waals surface area contributed by atoms with Crippen molar-refractivity contribution in [1.29, 1.82) is 0 Å². The highest BCUT2D eigenvalue weighted by molar-refractivity contribution is 9.10. The van der Waals surface area contributed by atoms with E-state index < -0.39 is 6.04 Å². The molecular weight excluding hydrogens is 563 g/mol. The van der Waals surface area contributed by atoms with Crippen molar-refractivity contribution in [2.24, 2.45) is 0 Å². The molecule has 0 radical (unpaired) electrons. The Hall–Kier alpha value is -2.54.